The van der Waals surface area contributed by atoms with Crippen molar-refractivity contribution in [2.24, 2.45) is 11.3 Å². The zero-order valence-corrected chi connectivity index (χ0v) is 16.2. The highest BCUT2D eigenvalue weighted by atomic mass is 16.5. The highest BCUT2D eigenvalue weighted by Gasteiger charge is 2.35. The molecule has 0 unspecified atom stereocenters. The molecule has 1 atom stereocenters. The molecule has 3 rings (SSSR count). The summed E-state index contributed by atoms with van der Waals surface area (Å²) in [5.74, 6) is -0.708. The zero-order chi connectivity index (χ0) is 20.1. The van der Waals surface area contributed by atoms with Crippen LogP contribution < -0.4 is 10.9 Å². The molecule has 0 aliphatic heterocycles. The number of carbonyl (C=O) groups is 2. The van der Waals surface area contributed by atoms with E-state index in [0.29, 0.717) is 28.9 Å². The van der Waals surface area contributed by atoms with Crippen LogP contribution in [0.15, 0.2) is 18.2 Å². The van der Waals surface area contributed by atoms with Crippen molar-refractivity contribution in [3.05, 3.63) is 23.8 Å². The summed E-state index contributed by atoms with van der Waals surface area (Å²) in [6, 6.07) is 5.62. The van der Waals surface area contributed by atoms with E-state index in [1.807, 2.05) is 25.1 Å². The second-order valence-electron chi connectivity index (χ2n) is 7.84. The number of nitrogens with one attached hydrogen (secondary N) is 2. The van der Waals surface area contributed by atoms with Crippen molar-refractivity contribution >= 4 is 29.3 Å². The minimum Gasteiger partial charge on any atom is -0.286 e. The van der Waals surface area contributed by atoms with E-state index in [2.05, 4.69) is 33.0 Å². The molecule has 3 N–H and O–H groups in total. The average Bonchev–Trinajstić information content (AvgIpc) is 3.12. The summed E-state index contributed by atoms with van der Waals surface area (Å²) in [5, 5.41) is 18.2. The van der Waals surface area contributed by atoms with Gasteiger partial charge in [-0.1, -0.05) is 31.9 Å². The molecule has 0 saturated heterocycles. The molecule has 1 saturated carbocycles. The molecule has 1 aromatic carbocycles. The van der Waals surface area contributed by atoms with Gasteiger partial charge in [0.1, 0.15) is 5.52 Å². The topological polar surface area (TPSA) is 120 Å². The van der Waals surface area contributed by atoms with E-state index in [0.717, 1.165) is 31.2 Å². The lowest BCUT2D eigenvalue weighted by Gasteiger charge is -2.29. The number of hydroxylamine groups is 2. The van der Waals surface area contributed by atoms with E-state index in [1.54, 1.807) is 0 Å². The van der Waals surface area contributed by atoms with Gasteiger partial charge in [0, 0.05) is 0 Å². The minimum atomic E-state index is -0.555. The first kappa shape index (κ1) is 19.9. The molecule has 1 aromatic heterocycles. The summed E-state index contributed by atoms with van der Waals surface area (Å²) >= 11 is 0. The molecule has 28 heavy (non-hydrogen) atoms. The van der Waals surface area contributed by atoms with Crippen molar-refractivity contribution < 1.29 is 14.8 Å². The number of fused-ring (bicyclic) bond motifs is 1. The van der Waals surface area contributed by atoms with Crippen molar-refractivity contribution in [3.8, 4) is 0 Å². The predicted molar refractivity (Wildman–Crippen MR) is 103 cm³/mol. The number of aryl methyl sites for hydroxylation is 1. The van der Waals surface area contributed by atoms with Crippen molar-refractivity contribution in [3.63, 3.8) is 0 Å². The van der Waals surface area contributed by atoms with E-state index in [-0.39, 0.29) is 23.8 Å². The third-order valence-electron chi connectivity index (χ3n) is 5.43. The second-order valence-corrected chi connectivity index (χ2v) is 7.84. The van der Waals surface area contributed by atoms with Crippen LogP contribution in [-0.4, -0.2) is 44.3 Å². The van der Waals surface area contributed by atoms with E-state index in [9.17, 15) is 14.8 Å². The molecule has 150 valence electrons. The molecule has 0 radical (unpaired) electrons. The van der Waals surface area contributed by atoms with E-state index in [4.69, 9.17) is 0 Å². The number of amides is 2. The maximum atomic E-state index is 12.7. The fraction of sp³-hybridized carbons (Fsp3) is 0.526. The number of benzene rings is 1. The smallest absolute Gasteiger partial charge is 0.262 e. The number of hydrogen-bond acceptors (Lipinski definition) is 7. The van der Waals surface area contributed by atoms with Crippen LogP contribution in [0.3, 0.4) is 0 Å². The van der Waals surface area contributed by atoms with Crippen LogP contribution in [-0.2, 0) is 9.59 Å². The number of hydrogen-bond donors (Lipinski definition) is 3. The number of aromatic nitrogens is 3. The highest BCUT2D eigenvalue weighted by molar-refractivity contribution is 5.81. The summed E-state index contributed by atoms with van der Waals surface area (Å²) in [7, 11) is 0. The van der Waals surface area contributed by atoms with Crippen LogP contribution in [0, 0.1) is 18.3 Å². The van der Waals surface area contributed by atoms with Gasteiger partial charge in [-0.25, -0.2) is 10.0 Å². The number of rotatable bonds is 8. The molecule has 2 aromatic rings. The van der Waals surface area contributed by atoms with Crippen molar-refractivity contribution in [1.82, 2.24) is 25.7 Å². The Morgan fingerprint density at radius 1 is 1.36 bits per heavy atom. The Balaban J connectivity index is 1.68. The lowest BCUT2D eigenvalue weighted by molar-refractivity contribution is -0.155. The van der Waals surface area contributed by atoms with E-state index in [1.165, 1.54) is 0 Å². The number of anilines is 1. The zero-order valence-electron chi connectivity index (χ0n) is 16.2. The van der Waals surface area contributed by atoms with Gasteiger partial charge in [0.25, 0.3) is 5.95 Å². The van der Waals surface area contributed by atoms with Crippen LogP contribution in [0.5, 0.6) is 0 Å². The van der Waals surface area contributed by atoms with Gasteiger partial charge in [-0.3, -0.25) is 25.6 Å². The lowest BCUT2D eigenvalue weighted by Crippen LogP contribution is -2.42. The van der Waals surface area contributed by atoms with Crippen LogP contribution in [0.1, 0.15) is 44.6 Å². The number of para-hydroxylation sites is 1. The van der Waals surface area contributed by atoms with Crippen LogP contribution in [0.4, 0.5) is 5.95 Å². The molecule has 1 fully saturated rings. The lowest BCUT2D eigenvalue weighted by atomic mass is 9.79. The van der Waals surface area contributed by atoms with Gasteiger partial charge >= 0.3 is 0 Å². The molecular weight excluding hydrogens is 360 g/mol. The van der Waals surface area contributed by atoms with Crippen LogP contribution >= 0.6 is 0 Å². The van der Waals surface area contributed by atoms with Crippen molar-refractivity contribution in [2.45, 2.75) is 46.0 Å². The molecule has 1 aliphatic carbocycles. The molecule has 9 nitrogen and oxygen atoms in total. The predicted octanol–water partition coefficient (Wildman–Crippen LogP) is 2.21. The van der Waals surface area contributed by atoms with Gasteiger partial charge in [-0.05, 0) is 43.2 Å². The molecule has 1 aliphatic rings. The van der Waals surface area contributed by atoms with E-state index < -0.39 is 5.92 Å². The van der Waals surface area contributed by atoms with Gasteiger partial charge in [-0.2, -0.15) is 0 Å². The summed E-state index contributed by atoms with van der Waals surface area (Å²) in [6.45, 7) is 4.00. The second kappa shape index (κ2) is 8.47. The summed E-state index contributed by atoms with van der Waals surface area (Å²) in [6.07, 6.45) is 5.23. The Morgan fingerprint density at radius 2 is 2.11 bits per heavy atom. The van der Waals surface area contributed by atoms with Gasteiger partial charge in [0.2, 0.25) is 12.3 Å². The third kappa shape index (κ3) is 4.72. The number of carbonyl (C=O) groups excluding carboxylic acids is 2. The largest absolute Gasteiger partial charge is 0.286 e. The fourth-order valence-corrected chi connectivity index (χ4v) is 3.91. The Labute approximate surface area is 163 Å². The Bertz CT molecular complexity index is 853. The Morgan fingerprint density at radius 3 is 2.82 bits per heavy atom. The maximum absolute atomic E-state index is 12.7. The van der Waals surface area contributed by atoms with E-state index >= 15 is 0 Å². The Kier molecular flexibility index (Phi) is 6.03. The highest BCUT2D eigenvalue weighted by Crippen LogP contribution is 2.42. The van der Waals surface area contributed by atoms with Gasteiger partial charge in [-0.15, -0.1) is 10.2 Å². The first-order chi connectivity index (χ1) is 13.4. The average molecular weight is 386 g/mol. The first-order valence-electron chi connectivity index (χ1n) is 9.47. The summed E-state index contributed by atoms with van der Waals surface area (Å²) in [4.78, 5) is 27.9. The van der Waals surface area contributed by atoms with Gasteiger partial charge in [0.15, 0.2) is 0 Å². The fourth-order valence-electron chi connectivity index (χ4n) is 3.91. The van der Waals surface area contributed by atoms with Gasteiger partial charge < -0.3 is 0 Å². The normalized spacial score (nSPS) is 16.5. The molecule has 1 heterocycles. The van der Waals surface area contributed by atoms with Crippen LogP contribution in [0.2, 0.25) is 0 Å². The third-order valence-corrected chi connectivity index (χ3v) is 5.43. The van der Waals surface area contributed by atoms with Crippen LogP contribution in [0.25, 0.3) is 11.0 Å². The quantitative estimate of drug-likeness (QED) is 0.361. The monoisotopic (exact) mass is 386 g/mol. The van der Waals surface area contributed by atoms with Gasteiger partial charge in [0.05, 0.1) is 18.0 Å². The molecule has 9 heteroatoms. The van der Waals surface area contributed by atoms with Crippen molar-refractivity contribution in [1.29, 1.82) is 0 Å². The molecule has 0 spiro atoms. The summed E-state index contributed by atoms with van der Waals surface area (Å²) < 4.78 is 0. The molecule has 0 bridgehead atoms. The number of nitrogens with zero attached hydrogens (tertiary/aromatic N) is 4. The minimum absolute atomic E-state index is 0.0316. The first-order valence-corrected chi connectivity index (χ1v) is 9.47. The van der Waals surface area contributed by atoms with Crippen molar-refractivity contribution in [2.75, 3.05) is 12.0 Å². The number of hydrazine groups is 1. The maximum Gasteiger partial charge on any atom is 0.262 e. The standard InChI is InChI=1S/C19H26N6O3/c1-13-6-5-7-15-16(13)20-18(23-21-15)24-22-17(27)14(11-25(28)12-26)10-19(2)8-3-4-9-19/h5-7,12,14,28H,3-4,8-11H2,1-2H3,(H,22,27)(H,20,23,24)/t14-/m1/s1. The summed E-state index contributed by atoms with van der Waals surface area (Å²) in [5.41, 5.74) is 7.66. The Hall–Kier alpha value is -2.81. The molecule has 2 amide bonds. The SMILES string of the molecule is Cc1cccc2nnc(NNC(=O)[C@@H](CN(O)C=O)CC3(C)CCCC3)nc12. The molecular formula is C19H26N6O3.